The highest BCUT2D eigenvalue weighted by atomic mass is 35.5. The third-order valence-electron chi connectivity index (χ3n) is 3.67. The maximum absolute atomic E-state index is 12.3. The Hall–Kier alpha value is -2.43. The summed E-state index contributed by atoms with van der Waals surface area (Å²) in [7, 11) is 0. The van der Waals surface area contributed by atoms with E-state index in [1.165, 1.54) is 23.0 Å². The molecule has 0 radical (unpaired) electrons. The molecule has 0 saturated heterocycles. The lowest BCUT2D eigenvalue weighted by molar-refractivity contribution is -0.113. The summed E-state index contributed by atoms with van der Waals surface area (Å²) in [5.41, 5.74) is 3.02. The van der Waals surface area contributed by atoms with Crippen molar-refractivity contribution in [2.24, 2.45) is 4.99 Å². The van der Waals surface area contributed by atoms with Crippen molar-refractivity contribution in [3.05, 3.63) is 82.1 Å². The minimum atomic E-state index is -0.319. The molecule has 0 spiro atoms. The number of rotatable bonds is 4. The Morgan fingerprint density at radius 1 is 1.32 bits per heavy atom. The number of allylic oxidation sites excluding steroid dienone is 1. The van der Waals surface area contributed by atoms with E-state index in [9.17, 15) is 4.79 Å². The summed E-state index contributed by atoms with van der Waals surface area (Å²) < 4.78 is 3.09. The maximum Gasteiger partial charge on any atom is 0.272 e. The van der Waals surface area contributed by atoms with Crippen molar-refractivity contribution in [1.82, 2.24) is 4.57 Å². The molecule has 0 unspecified atom stereocenters. The van der Waals surface area contributed by atoms with E-state index >= 15 is 0 Å². The van der Waals surface area contributed by atoms with Crippen LogP contribution in [0.3, 0.4) is 0 Å². The largest absolute Gasteiger partial charge is 0.312 e. The van der Waals surface area contributed by atoms with Crippen LogP contribution in [0.2, 0.25) is 5.02 Å². The number of hydrogen-bond donors (Lipinski definition) is 0. The Kier molecular flexibility index (Phi) is 5.31. The highest BCUT2D eigenvalue weighted by Gasteiger charge is 2.06. The van der Waals surface area contributed by atoms with Gasteiger partial charge < -0.3 is 4.57 Å². The van der Waals surface area contributed by atoms with Crippen LogP contribution in [0, 0.1) is 6.92 Å². The van der Waals surface area contributed by atoms with Crippen LogP contribution >= 0.6 is 22.9 Å². The molecular weight excluding hydrogens is 352 g/mol. The molecule has 0 aliphatic carbocycles. The molecule has 0 aliphatic heterocycles. The Bertz CT molecular complexity index is 1040. The highest BCUT2D eigenvalue weighted by Crippen LogP contribution is 2.19. The van der Waals surface area contributed by atoms with Crippen LogP contribution in [0.5, 0.6) is 0 Å². The van der Waals surface area contributed by atoms with Crippen molar-refractivity contribution >= 4 is 45.1 Å². The fraction of sp³-hybridized carbons (Fsp3) is 0.100. The third-order valence-corrected chi connectivity index (χ3v) is 5.05. The second-order valence-electron chi connectivity index (χ2n) is 5.56. The van der Waals surface area contributed by atoms with Crippen LogP contribution in [-0.2, 0) is 11.3 Å². The number of amides is 1. The standard InChI is InChI=1S/C20H17ClN2OS/c1-3-12-23-17-10-8-14(2)13-18(17)25-20(23)22-19(24)11-9-15-6-4-5-7-16(15)21/h3-11,13H,1,12H2,2H3. The molecule has 0 saturated carbocycles. The summed E-state index contributed by atoms with van der Waals surface area (Å²) in [6.07, 6.45) is 4.92. The van der Waals surface area contributed by atoms with Gasteiger partial charge in [-0.3, -0.25) is 4.79 Å². The van der Waals surface area contributed by atoms with Gasteiger partial charge in [0.05, 0.1) is 10.2 Å². The summed E-state index contributed by atoms with van der Waals surface area (Å²) in [5, 5.41) is 0.602. The van der Waals surface area contributed by atoms with Gasteiger partial charge in [-0.15, -0.1) is 6.58 Å². The van der Waals surface area contributed by atoms with Gasteiger partial charge in [0.1, 0.15) is 0 Å². The lowest BCUT2D eigenvalue weighted by atomic mass is 10.2. The van der Waals surface area contributed by atoms with E-state index in [4.69, 9.17) is 11.6 Å². The number of hydrogen-bond acceptors (Lipinski definition) is 2. The third kappa shape index (κ3) is 3.98. The van der Waals surface area contributed by atoms with Crippen molar-refractivity contribution in [2.45, 2.75) is 13.5 Å². The zero-order valence-corrected chi connectivity index (χ0v) is 15.3. The average molecular weight is 369 g/mol. The predicted molar refractivity (Wildman–Crippen MR) is 106 cm³/mol. The van der Waals surface area contributed by atoms with Crippen molar-refractivity contribution in [2.75, 3.05) is 0 Å². The molecule has 2 aromatic carbocycles. The lowest BCUT2D eigenvalue weighted by Gasteiger charge is -2.00. The number of halogens is 1. The number of carbonyl (C=O) groups excluding carboxylic acids is 1. The van der Waals surface area contributed by atoms with Crippen LogP contribution < -0.4 is 4.80 Å². The quantitative estimate of drug-likeness (QED) is 0.471. The Balaban J connectivity index is 1.99. The molecule has 1 heterocycles. The predicted octanol–water partition coefficient (Wildman–Crippen LogP) is 4.99. The number of carbonyl (C=O) groups is 1. The number of thiazole rings is 1. The van der Waals surface area contributed by atoms with Crippen LogP contribution in [0.25, 0.3) is 16.3 Å². The van der Waals surface area contributed by atoms with E-state index in [2.05, 4.69) is 23.7 Å². The Morgan fingerprint density at radius 2 is 2.12 bits per heavy atom. The topological polar surface area (TPSA) is 34.4 Å². The van der Waals surface area contributed by atoms with Gasteiger partial charge in [-0.1, -0.05) is 53.3 Å². The van der Waals surface area contributed by atoms with Gasteiger partial charge in [-0.25, -0.2) is 0 Å². The van der Waals surface area contributed by atoms with E-state index < -0.39 is 0 Å². The first-order valence-corrected chi connectivity index (χ1v) is 9.00. The number of fused-ring (bicyclic) bond motifs is 1. The lowest BCUT2D eigenvalue weighted by Crippen LogP contribution is -2.15. The summed E-state index contributed by atoms with van der Waals surface area (Å²) in [4.78, 5) is 17.2. The van der Waals surface area contributed by atoms with Gasteiger partial charge in [-0.2, -0.15) is 4.99 Å². The molecule has 126 valence electrons. The molecule has 5 heteroatoms. The molecule has 25 heavy (non-hydrogen) atoms. The molecule has 0 bridgehead atoms. The monoisotopic (exact) mass is 368 g/mol. The first-order chi connectivity index (χ1) is 12.1. The Labute approximate surface area is 155 Å². The highest BCUT2D eigenvalue weighted by molar-refractivity contribution is 7.16. The van der Waals surface area contributed by atoms with Crippen LogP contribution in [0.15, 0.2) is 66.2 Å². The van der Waals surface area contributed by atoms with Gasteiger partial charge >= 0.3 is 0 Å². The van der Waals surface area contributed by atoms with Crippen LogP contribution in [0.4, 0.5) is 0 Å². The normalized spacial score (nSPS) is 12.2. The molecule has 0 fully saturated rings. The van der Waals surface area contributed by atoms with Gasteiger partial charge in [0.2, 0.25) is 0 Å². The molecule has 0 N–H and O–H groups in total. The van der Waals surface area contributed by atoms with Crippen molar-refractivity contribution in [1.29, 1.82) is 0 Å². The smallest absolute Gasteiger partial charge is 0.272 e. The van der Waals surface area contributed by atoms with E-state index in [1.807, 2.05) is 35.8 Å². The molecule has 3 rings (SSSR count). The van der Waals surface area contributed by atoms with Crippen molar-refractivity contribution in [3.63, 3.8) is 0 Å². The number of aromatic nitrogens is 1. The van der Waals surface area contributed by atoms with Gasteiger partial charge in [-0.05, 0) is 42.3 Å². The molecule has 1 amide bonds. The van der Waals surface area contributed by atoms with Gasteiger partial charge in [0.15, 0.2) is 4.80 Å². The number of benzene rings is 2. The first kappa shape index (κ1) is 17.4. The molecular formula is C20H17ClN2OS. The van der Waals surface area contributed by atoms with E-state index in [-0.39, 0.29) is 5.91 Å². The zero-order valence-electron chi connectivity index (χ0n) is 13.8. The average Bonchev–Trinajstić information content (AvgIpc) is 2.91. The fourth-order valence-corrected chi connectivity index (χ4v) is 3.82. The zero-order chi connectivity index (χ0) is 17.8. The van der Waals surface area contributed by atoms with Gasteiger partial charge in [0.25, 0.3) is 5.91 Å². The molecule has 0 atom stereocenters. The fourth-order valence-electron chi connectivity index (χ4n) is 2.47. The second kappa shape index (κ2) is 7.64. The molecule has 3 aromatic rings. The van der Waals surface area contributed by atoms with Crippen molar-refractivity contribution < 1.29 is 4.79 Å². The summed E-state index contributed by atoms with van der Waals surface area (Å²) in [6, 6.07) is 13.6. The van der Waals surface area contributed by atoms with E-state index in [1.54, 1.807) is 18.2 Å². The van der Waals surface area contributed by atoms with Crippen molar-refractivity contribution in [3.8, 4) is 0 Å². The summed E-state index contributed by atoms with van der Waals surface area (Å²) in [6.45, 7) is 6.44. The summed E-state index contributed by atoms with van der Waals surface area (Å²) >= 11 is 7.60. The number of aryl methyl sites for hydroxylation is 1. The Morgan fingerprint density at radius 3 is 2.88 bits per heavy atom. The van der Waals surface area contributed by atoms with Gasteiger partial charge in [0, 0.05) is 17.6 Å². The van der Waals surface area contributed by atoms with Crippen LogP contribution in [0.1, 0.15) is 11.1 Å². The SMILES string of the molecule is C=CCn1c(=NC(=O)C=Cc2ccccc2Cl)sc2cc(C)ccc21. The minimum Gasteiger partial charge on any atom is -0.312 e. The van der Waals surface area contributed by atoms with E-state index in [0.717, 1.165) is 15.8 Å². The molecule has 1 aromatic heterocycles. The first-order valence-electron chi connectivity index (χ1n) is 7.80. The second-order valence-corrected chi connectivity index (χ2v) is 6.98. The molecule has 3 nitrogen and oxygen atoms in total. The van der Waals surface area contributed by atoms with Crippen LogP contribution in [-0.4, -0.2) is 10.5 Å². The summed E-state index contributed by atoms with van der Waals surface area (Å²) in [5.74, 6) is -0.319. The number of nitrogens with zero attached hydrogens (tertiary/aromatic N) is 2. The maximum atomic E-state index is 12.3. The van der Waals surface area contributed by atoms with E-state index in [0.29, 0.717) is 16.4 Å². The minimum absolute atomic E-state index is 0.319. The molecule has 0 aliphatic rings.